The quantitative estimate of drug-likeness (QED) is 0.587. The molecule has 4 heterocycles. The highest BCUT2D eigenvalue weighted by molar-refractivity contribution is 5.95. The van der Waals surface area contributed by atoms with E-state index >= 15 is 0 Å². The van der Waals surface area contributed by atoms with E-state index in [1.54, 1.807) is 19.2 Å². The number of rotatable bonds is 5. The van der Waals surface area contributed by atoms with Crippen molar-refractivity contribution in [3.05, 3.63) is 47.7 Å². The second-order valence-corrected chi connectivity index (χ2v) is 6.89. The Hall–Kier alpha value is -3.27. The van der Waals surface area contributed by atoms with Gasteiger partial charge in [-0.3, -0.25) is 0 Å². The first-order valence-electron chi connectivity index (χ1n) is 9.60. The van der Waals surface area contributed by atoms with Gasteiger partial charge in [-0.2, -0.15) is 5.10 Å². The molecule has 1 aliphatic rings. The van der Waals surface area contributed by atoms with Crippen molar-refractivity contribution in [3.63, 3.8) is 0 Å². The van der Waals surface area contributed by atoms with Gasteiger partial charge in [0.2, 0.25) is 5.88 Å². The van der Waals surface area contributed by atoms with Crippen LogP contribution in [0.3, 0.4) is 0 Å². The Labute approximate surface area is 172 Å². The molecule has 0 unspecified atom stereocenters. The molecule has 0 aromatic carbocycles. The number of ether oxygens (including phenoxy) is 3. The molecule has 3 aromatic heterocycles. The smallest absolute Gasteiger partial charge is 0.343 e. The minimum Gasteiger partial charge on any atom is -0.481 e. The molecule has 0 bridgehead atoms. The first-order chi connectivity index (χ1) is 14.5. The van der Waals surface area contributed by atoms with Gasteiger partial charge in [-0.25, -0.2) is 23.7 Å². The van der Waals surface area contributed by atoms with Crippen molar-refractivity contribution in [1.82, 2.24) is 19.6 Å². The molecular weight excluding hydrogens is 393 g/mol. The zero-order valence-corrected chi connectivity index (χ0v) is 16.9. The lowest BCUT2D eigenvalue weighted by Gasteiger charge is -2.41. The molecule has 0 aliphatic carbocycles. The Balaban J connectivity index is 1.80. The van der Waals surface area contributed by atoms with Crippen molar-refractivity contribution in [2.45, 2.75) is 25.9 Å². The summed E-state index contributed by atoms with van der Waals surface area (Å²) < 4.78 is 31.7. The van der Waals surface area contributed by atoms with Gasteiger partial charge in [-0.05, 0) is 26.0 Å². The van der Waals surface area contributed by atoms with Gasteiger partial charge in [0, 0.05) is 11.8 Å². The van der Waals surface area contributed by atoms with Crippen LogP contribution >= 0.6 is 0 Å². The molecule has 0 saturated carbocycles. The van der Waals surface area contributed by atoms with Crippen molar-refractivity contribution in [1.29, 1.82) is 0 Å². The van der Waals surface area contributed by atoms with Crippen LogP contribution in [0.5, 0.6) is 5.88 Å². The molecule has 0 radical (unpaired) electrons. The minimum atomic E-state index is -0.486. The molecule has 2 atom stereocenters. The highest BCUT2D eigenvalue weighted by Crippen LogP contribution is 2.35. The summed E-state index contributed by atoms with van der Waals surface area (Å²) in [6.07, 6.45) is 4.27. The van der Waals surface area contributed by atoms with Gasteiger partial charge < -0.3 is 19.1 Å². The van der Waals surface area contributed by atoms with Gasteiger partial charge in [0.05, 0.1) is 51.4 Å². The fraction of sp³-hybridized carbons (Fsp3) is 0.400. The van der Waals surface area contributed by atoms with Crippen molar-refractivity contribution >= 4 is 17.4 Å². The molecule has 3 aromatic rings. The van der Waals surface area contributed by atoms with Crippen LogP contribution in [0.2, 0.25) is 0 Å². The summed E-state index contributed by atoms with van der Waals surface area (Å²) >= 11 is 0. The Morgan fingerprint density at radius 2 is 2.20 bits per heavy atom. The van der Waals surface area contributed by atoms with Gasteiger partial charge in [-0.15, -0.1) is 0 Å². The van der Waals surface area contributed by atoms with Crippen LogP contribution in [-0.4, -0.2) is 58.5 Å². The second-order valence-electron chi connectivity index (χ2n) is 6.89. The van der Waals surface area contributed by atoms with Crippen LogP contribution in [0, 0.1) is 5.82 Å². The molecule has 1 saturated heterocycles. The Bertz CT molecular complexity index is 1070. The molecular formula is C20H22FN5O4. The lowest BCUT2D eigenvalue weighted by Crippen LogP contribution is -2.46. The lowest BCUT2D eigenvalue weighted by atomic mass is 10.0. The Morgan fingerprint density at radius 1 is 1.37 bits per heavy atom. The predicted molar refractivity (Wildman–Crippen MR) is 105 cm³/mol. The maximum absolute atomic E-state index is 14.0. The van der Waals surface area contributed by atoms with Crippen LogP contribution in [0.15, 0.2) is 30.7 Å². The third kappa shape index (κ3) is 3.54. The molecule has 158 valence electrons. The van der Waals surface area contributed by atoms with Crippen LogP contribution < -0.4 is 9.64 Å². The minimum absolute atomic E-state index is 0.0689. The number of pyridine rings is 1. The van der Waals surface area contributed by atoms with E-state index < -0.39 is 11.8 Å². The first kappa shape index (κ1) is 20.0. The van der Waals surface area contributed by atoms with E-state index in [1.807, 2.05) is 11.8 Å². The average Bonchev–Trinajstić information content (AvgIpc) is 3.17. The average molecular weight is 415 g/mol. The van der Waals surface area contributed by atoms with Gasteiger partial charge in [0.25, 0.3) is 0 Å². The molecule has 10 heteroatoms. The number of fused-ring (bicyclic) bond motifs is 1. The maximum atomic E-state index is 14.0. The van der Waals surface area contributed by atoms with Crippen LogP contribution in [-0.2, 0) is 9.47 Å². The summed E-state index contributed by atoms with van der Waals surface area (Å²) in [6, 6.07) is 2.74. The van der Waals surface area contributed by atoms with Crippen LogP contribution in [0.1, 0.15) is 35.8 Å². The van der Waals surface area contributed by atoms with Gasteiger partial charge in [-0.1, -0.05) is 0 Å². The number of morpholine rings is 1. The molecule has 0 amide bonds. The van der Waals surface area contributed by atoms with Crippen molar-refractivity contribution in [3.8, 4) is 5.88 Å². The third-order valence-corrected chi connectivity index (χ3v) is 4.96. The monoisotopic (exact) mass is 415 g/mol. The first-order valence-corrected chi connectivity index (χ1v) is 9.60. The fourth-order valence-corrected chi connectivity index (χ4v) is 3.65. The van der Waals surface area contributed by atoms with E-state index in [2.05, 4.69) is 15.1 Å². The summed E-state index contributed by atoms with van der Waals surface area (Å²) in [5.41, 5.74) is 1.22. The van der Waals surface area contributed by atoms with Crippen LogP contribution in [0.25, 0.3) is 5.65 Å². The second kappa shape index (κ2) is 8.23. The Kier molecular flexibility index (Phi) is 5.49. The maximum Gasteiger partial charge on any atom is 0.343 e. The highest BCUT2D eigenvalue weighted by Gasteiger charge is 2.34. The summed E-state index contributed by atoms with van der Waals surface area (Å²) in [4.78, 5) is 23.0. The summed E-state index contributed by atoms with van der Waals surface area (Å²) in [5, 5.41) is 4.17. The van der Waals surface area contributed by atoms with E-state index in [4.69, 9.17) is 14.2 Å². The number of anilines is 1. The highest BCUT2D eigenvalue weighted by atomic mass is 19.1. The largest absolute Gasteiger partial charge is 0.481 e. The van der Waals surface area contributed by atoms with Gasteiger partial charge >= 0.3 is 5.97 Å². The van der Waals surface area contributed by atoms with E-state index in [-0.39, 0.29) is 24.3 Å². The molecule has 1 fully saturated rings. The lowest BCUT2D eigenvalue weighted by molar-refractivity contribution is 0.0528. The summed E-state index contributed by atoms with van der Waals surface area (Å²) in [7, 11) is 1.49. The number of halogens is 1. The zero-order valence-electron chi connectivity index (χ0n) is 16.9. The van der Waals surface area contributed by atoms with Crippen molar-refractivity contribution in [2.24, 2.45) is 0 Å². The number of methoxy groups -OCH3 is 1. The van der Waals surface area contributed by atoms with E-state index in [0.717, 1.165) is 6.20 Å². The van der Waals surface area contributed by atoms with E-state index in [0.29, 0.717) is 36.1 Å². The number of carbonyl (C=O) groups is 1. The number of esters is 1. The van der Waals surface area contributed by atoms with Crippen LogP contribution in [0.4, 0.5) is 10.2 Å². The summed E-state index contributed by atoms with van der Waals surface area (Å²) in [6.45, 7) is 4.76. The Morgan fingerprint density at radius 3 is 2.97 bits per heavy atom. The topological polar surface area (TPSA) is 91.1 Å². The molecule has 4 rings (SSSR count). The third-order valence-electron chi connectivity index (χ3n) is 4.96. The van der Waals surface area contributed by atoms with Crippen molar-refractivity contribution in [2.75, 3.05) is 31.8 Å². The molecule has 0 N–H and O–H groups in total. The van der Waals surface area contributed by atoms with Gasteiger partial charge in [0.1, 0.15) is 17.2 Å². The molecule has 9 nitrogen and oxygen atoms in total. The standard InChI is InChI=1S/C20H22FN5O4/c1-4-30-20(27)15-9-23-25-6-5-17(24-18(15)25)26-12(2)10-29-11-16(26)14-7-13(21)8-22-19(14)28-3/h5-9,12,16H,4,10-11H2,1-3H3/t12-,16-/m1/s1. The zero-order chi connectivity index (χ0) is 21.3. The summed E-state index contributed by atoms with van der Waals surface area (Å²) in [5.74, 6) is -0.0325. The van der Waals surface area contributed by atoms with Crippen molar-refractivity contribution < 1.29 is 23.4 Å². The molecule has 30 heavy (non-hydrogen) atoms. The SMILES string of the molecule is CCOC(=O)c1cnn2ccc(N3[C@H](C)COC[C@@H]3c3cc(F)cnc3OC)nc12. The van der Waals surface area contributed by atoms with Gasteiger partial charge in [0.15, 0.2) is 5.65 Å². The number of hydrogen-bond donors (Lipinski definition) is 0. The predicted octanol–water partition coefficient (Wildman–Crippen LogP) is 2.42. The number of nitrogens with zero attached hydrogens (tertiary/aromatic N) is 5. The molecule has 0 spiro atoms. The number of carbonyl (C=O) groups excluding carboxylic acids is 1. The number of hydrogen-bond acceptors (Lipinski definition) is 8. The van der Waals surface area contributed by atoms with E-state index in [1.165, 1.54) is 23.9 Å². The number of aromatic nitrogens is 4. The normalized spacial score (nSPS) is 19.1. The van der Waals surface area contributed by atoms with E-state index in [9.17, 15) is 9.18 Å². The molecule has 1 aliphatic heterocycles. The fourth-order valence-electron chi connectivity index (χ4n) is 3.65.